The minimum atomic E-state index is 0. The molecule has 214 valence electrons. The Bertz CT molecular complexity index is 904. The van der Waals surface area contributed by atoms with E-state index in [1.54, 1.807) is 0 Å². The number of aliphatic imine (C=N–C) groups is 2. The van der Waals surface area contributed by atoms with Crippen molar-refractivity contribution in [2.45, 2.75) is 137 Å². The number of nitrogens with zero attached hydrogens (tertiary/aromatic N) is 2. The van der Waals surface area contributed by atoms with Crippen LogP contribution in [0.1, 0.15) is 134 Å². The third-order valence-corrected chi connectivity index (χ3v) is 7.06. The van der Waals surface area contributed by atoms with Crippen molar-refractivity contribution in [3.8, 4) is 0 Å². The quantitative estimate of drug-likeness (QED) is 0.0861. The summed E-state index contributed by atoms with van der Waals surface area (Å²) in [6.45, 7) is 11.2. The Balaban J connectivity index is 0.00000722. The van der Waals surface area contributed by atoms with Gasteiger partial charge >= 0.3 is 0 Å². The maximum absolute atomic E-state index is 4.99. The van der Waals surface area contributed by atoms with Crippen LogP contribution in [0.4, 0.5) is 11.4 Å². The number of benzene rings is 2. The van der Waals surface area contributed by atoms with Gasteiger partial charge < -0.3 is 0 Å². The monoisotopic (exact) mass is 608 g/mol. The third-order valence-electron chi connectivity index (χ3n) is 7.06. The smallest absolute Gasteiger partial charge is 0.0638 e. The molecule has 0 atom stereocenters. The second kappa shape index (κ2) is 21.3. The SMILES string of the molecule is CCCCCc1cc(CCCCC)cc(N=CC(C)=Nc2cc(CCCCC)cc(CCCCC)c2)c1.[Pd]. The first-order valence-electron chi connectivity index (χ1n) is 15.4. The van der Waals surface area contributed by atoms with Crippen molar-refractivity contribution in [2.24, 2.45) is 9.98 Å². The molecule has 0 bridgehead atoms. The van der Waals surface area contributed by atoms with Gasteiger partial charge in [0.25, 0.3) is 0 Å². The molecular weight excluding hydrogens is 555 g/mol. The molecule has 0 fully saturated rings. The van der Waals surface area contributed by atoms with Crippen molar-refractivity contribution in [3.05, 3.63) is 58.7 Å². The fourth-order valence-electron chi connectivity index (χ4n) is 4.92. The Morgan fingerprint density at radius 2 is 0.868 bits per heavy atom. The molecule has 0 aliphatic rings. The average Bonchev–Trinajstić information content (AvgIpc) is 2.88. The van der Waals surface area contributed by atoms with Crippen molar-refractivity contribution < 1.29 is 20.4 Å². The molecule has 38 heavy (non-hydrogen) atoms. The average molecular weight is 609 g/mol. The number of unbranched alkanes of at least 4 members (excludes halogenated alkanes) is 8. The molecule has 0 saturated heterocycles. The molecule has 0 aromatic heterocycles. The molecule has 2 rings (SSSR count). The molecule has 2 aromatic carbocycles. The van der Waals surface area contributed by atoms with Gasteiger partial charge in [0, 0.05) is 26.6 Å². The predicted octanol–water partition coefficient (Wildman–Crippen LogP) is 11.1. The molecule has 0 aliphatic heterocycles. The minimum absolute atomic E-state index is 0. The first-order chi connectivity index (χ1) is 18.1. The van der Waals surface area contributed by atoms with E-state index in [1.807, 2.05) is 6.21 Å². The van der Waals surface area contributed by atoms with Crippen molar-refractivity contribution >= 4 is 23.3 Å². The fraction of sp³-hybridized carbons (Fsp3) is 0.600. The van der Waals surface area contributed by atoms with E-state index in [1.165, 1.54) is 99.3 Å². The maximum atomic E-state index is 4.99. The molecule has 0 radical (unpaired) electrons. The predicted molar refractivity (Wildman–Crippen MR) is 167 cm³/mol. The summed E-state index contributed by atoms with van der Waals surface area (Å²) in [6, 6.07) is 14.0. The zero-order valence-electron chi connectivity index (χ0n) is 25.1. The van der Waals surface area contributed by atoms with Crippen molar-refractivity contribution in [3.63, 3.8) is 0 Å². The van der Waals surface area contributed by atoms with Gasteiger partial charge in [-0.15, -0.1) is 0 Å². The van der Waals surface area contributed by atoms with E-state index in [0.717, 1.165) is 42.8 Å². The maximum Gasteiger partial charge on any atom is 0.0638 e. The summed E-state index contributed by atoms with van der Waals surface area (Å²) < 4.78 is 0. The molecule has 3 heteroatoms. The summed E-state index contributed by atoms with van der Waals surface area (Å²) >= 11 is 0. The van der Waals surface area contributed by atoms with Gasteiger partial charge in [-0.1, -0.05) is 91.2 Å². The van der Waals surface area contributed by atoms with E-state index in [2.05, 4.69) is 71.0 Å². The van der Waals surface area contributed by atoms with E-state index in [0.29, 0.717) is 0 Å². The van der Waals surface area contributed by atoms with Crippen LogP contribution in [-0.2, 0) is 46.1 Å². The fourth-order valence-corrected chi connectivity index (χ4v) is 4.92. The van der Waals surface area contributed by atoms with Gasteiger partial charge in [-0.05, 0) is 105 Å². The van der Waals surface area contributed by atoms with Crippen LogP contribution in [0.2, 0.25) is 0 Å². The third kappa shape index (κ3) is 14.6. The van der Waals surface area contributed by atoms with Crippen LogP contribution in [-0.4, -0.2) is 11.9 Å². The molecule has 0 spiro atoms. The van der Waals surface area contributed by atoms with Crippen LogP contribution in [0, 0.1) is 0 Å². The summed E-state index contributed by atoms with van der Waals surface area (Å²) in [5.74, 6) is 0. The summed E-state index contributed by atoms with van der Waals surface area (Å²) in [5, 5.41) is 0. The van der Waals surface area contributed by atoms with E-state index < -0.39 is 0 Å². The summed E-state index contributed by atoms with van der Waals surface area (Å²) in [7, 11) is 0. The molecule has 0 aliphatic carbocycles. The first kappa shape index (κ1) is 34.5. The van der Waals surface area contributed by atoms with E-state index in [4.69, 9.17) is 9.98 Å². The van der Waals surface area contributed by atoms with Gasteiger partial charge in [0.15, 0.2) is 0 Å². The van der Waals surface area contributed by atoms with Gasteiger partial charge in [0.05, 0.1) is 17.1 Å². The van der Waals surface area contributed by atoms with Crippen molar-refractivity contribution in [2.75, 3.05) is 0 Å². The molecule has 0 saturated carbocycles. The van der Waals surface area contributed by atoms with Crippen LogP contribution < -0.4 is 0 Å². The van der Waals surface area contributed by atoms with Crippen molar-refractivity contribution in [1.82, 2.24) is 0 Å². The number of rotatable bonds is 19. The molecule has 2 nitrogen and oxygen atoms in total. The standard InChI is InChI=1S/C35H54N2.Pd/c1-6-10-14-18-30-22-31(19-15-11-7-2)25-34(24-30)36-28-29(5)37-35-26-32(20-16-12-8-3)23-33(27-35)21-17-13-9-4;/h22-28H,6-21H2,1-5H3;. The molecule has 0 unspecified atom stereocenters. The Kier molecular flexibility index (Phi) is 19.3. The zero-order valence-corrected chi connectivity index (χ0v) is 26.6. The zero-order chi connectivity index (χ0) is 26.7. The largest absolute Gasteiger partial charge is 0.255 e. The summed E-state index contributed by atoms with van der Waals surface area (Å²) in [5.41, 5.74) is 8.85. The van der Waals surface area contributed by atoms with Crippen LogP contribution in [0.3, 0.4) is 0 Å². The Labute approximate surface area is 248 Å². The van der Waals surface area contributed by atoms with Gasteiger partial charge in [-0.2, -0.15) is 0 Å². The second-order valence-corrected chi connectivity index (χ2v) is 10.9. The Morgan fingerprint density at radius 3 is 1.21 bits per heavy atom. The van der Waals surface area contributed by atoms with Crippen LogP contribution in [0.5, 0.6) is 0 Å². The first-order valence-corrected chi connectivity index (χ1v) is 15.4. The Morgan fingerprint density at radius 1 is 0.526 bits per heavy atom. The Hall–Kier alpha value is -1.56. The molecule has 0 N–H and O–H groups in total. The van der Waals surface area contributed by atoms with Crippen LogP contribution >= 0.6 is 0 Å². The van der Waals surface area contributed by atoms with Gasteiger partial charge in [-0.25, -0.2) is 0 Å². The minimum Gasteiger partial charge on any atom is -0.255 e. The van der Waals surface area contributed by atoms with Gasteiger partial charge in [0.2, 0.25) is 0 Å². The number of aryl methyl sites for hydroxylation is 4. The second-order valence-electron chi connectivity index (χ2n) is 10.9. The van der Waals surface area contributed by atoms with Gasteiger partial charge in [0.1, 0.15) is 0 Å². The molecule has 2 aromatic rings. The number of hydrogen-bond acceptors (Lipinski definition) is 2. The summed E-state index contributed by atoms with van der Waals surface area (Å²) in [4.78, 5) is 9.88. The number of hydrogen-bond donors (Lipinski definition) is 0. The molecule has 0 amide bonds. The molecule has 0 heterocycles. The summed E-state index contributed by atoms with van der Waals surface area (Å²) in [6.07, 6.45) is 21.8. The van der Waals surface area contributed by atoms with E-state index in [9.17, 15) is 0 Å². The van der Waals surface area contributed by atoms with E-state index >= 15 is 0 Å². The topological polar surface area (TPSA) is 24.7 Å². The van der Waals surface area contributed by atoms with Crippen LogP contribution in [0.25, 0.3) is 0 Å². The van der Waals surface area contributed by atoms with Crippen LogP contribution in [0.15, 0.2) is 46.4 Å². The van der Waals surface area contributed by atoms with Crippen molar-refractivity contribution in [1.29, 1.82) is 0 Å². The van der Waals surface area contributed by atoms with E-state index in [-0.39, 0.29) is 20.4 Å². The molecular formula is C35H54N2Pd. The normalized spacial score (nSPS) is 11.8. The van der Waals surface area contributed by atoms with Gasteiger partial charge in [-0.3, -0.25) is 9.98 Å².